The molecule has 1 heterocycles. The van der Waals surface area contributed by atoms with E-state index in [1.54, 1.807) is 11.8 Å². The zero-order valence-electron chi connectivity index (χ0n) is 11.7. The zero-order chi connectivity index (χ0) is 13.7. The number of benzene rings is 1. The molecule has 19 heavy (non-hydrogen) atoms. The molecule has 3 nitrogen and oxygen atoms in total. The van der Waals surface area contributed by atoms with Gasteiger partial charge in [0, 0.05) is 37.0 Å². The van der Waals surface area contributed by atoms with E-state index in [-0.39, 0.29) is 0 Å². The molecule has 0 aliphatic carbocycles. The Hall–Kier alpha value is -1.00. The summed E-state index contributed by atoms with van der Waals surface area (Å²) in [6, 6.07) is 8.95. The zero-order valence-corrected chi connectivity index (χ0v) is 12.5. The average molecular weight is 278 g/mol. The number of nitrogens with one attached hydrogen (secondary N) is 1. The summed E-state index contributed by atoms with van der Waals surface area (Å²) in [7, 11) is 0. The lowest BCUT2D eigenvalue weighted by Gasteiger charge is -2.21. The summed E-state index contributed by atoms with van der Waals surface area (Å²) < 4.78 is 0. The molecular weight excluding hydrogens is 256 g/mol. The van der Waals surface area contributed by atoms with Gasteiger partial charge in [0.25, 0.3) is 0 Å². The molecule has 0 spiro atoms. The molecular formula is C15H22N2OS. The van der Waals surface area contributed by atoms with Crippen LogP contribution in [0.5, 0.6) is 0 Å². The maximum absolute atomic E-state index is 11.6. The Balaban J connectivity index is 1.76. The van der Waals surface area contributed by atoms with Crippen molar-refractivity contribution >= 4 is 17.7 Å². The van der Waals surface area contributed by atoms with Gasteiger partial charge in [0.05, 0.1) is 0 Å². The second kappa shape index (κ2) is 6.96. The van der Waals surface area contributed by atoms with Crippen molar-refractivity contribution in [1.82, 2.24) is 10.2 Å². The molecule has 1 amide bonds. The van der Waals surface area contributed by atoms with E-state index in [0.717, 1.165) is 32.5 Å². The predicted octanol–water partition coefficient (Wildman–Crippen LogP) is 2.51. The van der Waals surface area contributed by atoms with Gasteiger partial charge in [-0.05, 0) is 37.3 Å². The molecule has 1 aromatic rings. The molecule has 1 fully saturated rings. The number of hydrogen-bond acceptors (Lipinski definition) is 3. The minimum Gasteiger partial charge on any atom is -0.341 e. The van der Waals surface area contributed by atoms with E-state index >= 15 is 0 Å². The van der Waals surface area contributed by atoms with Crippen molar-refractivity contribution in [2.45, 2.75) is 37.2 Å². The highest BCUT2D eigenvalue weighted by molar-refractivity contribution is 7.98. The van der Waals surface area contributed by atoms with Crippen LogP contribution in [-0.2, 0) is 11.3 Å². The largest absolute Gasteiger partial charge is 0.341 e. The molecule has 0 saturated carbocycles. The topological polar surface area (TPSA) is 32.3 Å². The lowest BCUT2D eigenvalue weighted by atomic mass is 10.2. The maximum atomic E-state index is 11.6. The van der Waals surface area contributed by atoms with Gasteiger partial charge in [-0.25, -0.2) is 0 Å². The highest BCUT2D eigenvalue weighted by Crippen LogP contribution is 2.15. The van der Waals surface area contributed by atoms with Crippen molar-refractivity contribution in [3.05, 3.63) is 29.8 Å². The first-order valence-electron chi connectivity index (χ1n) is 6.83. The van der Waals surface area contributed by atoms with Crippen molar-refractivity contribution in [1.29, 1.82) is 0 Å². The van der Waals surface area contributed by atoms with Gasteiger partial charge in [0.15, 0.2) is 0 Å². The van der Waals surface area contributed by atoms with Gasteiger partial charge < -0.3 is 10.2 Å². The second-order valence-corrected chi connectivity index (χ2v) is 5.95. The van der Waals surface area contributed by atoms with Crippen molar-refractivity contribution in [3.63, 3.8) is 0 Å². The van der Waals surface area contributed by atoms with Crippen LogP contribution in [0, 0.1) is 0 Å². The molecule has 0 radical (unpaired) electrons. The normalized spacial score (nSPS) is 16.9. The molecule has 1 aromatic carbocycles. The number of likely N-dealkylation sites (tertiary alicyclic amines) is 1. The monoisotopic (exact) mass is 278 g/mol. The lowest BCUT2D eigenvalue weighted by molar-refractivity contribution is -0.127. The summed E-state index contributed by atoms with van der Waals surface area (Å²) in [5.41, 5.74) is 1.29. The van der Waals surface area contributed by atoms with Crippen molar-refractivity contribution < 1.29 is 4.79 Å². The number of amides is 1. The Morgan fingerprint density at radius 2 is 2.11 bits per heavy atom. The fourth-order valence-corrected chi connectivity index (χ4v) is 2.74. The third-order valence-electron chi connectivity index (χ3n) is 3.48. The van der Waals surface area contributed by atoms with Crippen LogP contribution in [0.25, 0.3) is 0 Å². The Labute approximate surface area is 119 Å². The van der Waals surface area contributed by atoms with Crippen LogP contribution >= 0.6 is 11.8 Å². The number of thioether (sulfide) groups is 1. The number of hydrogen-bond donors (Lipinski definition) is 1. The van der Waals surface area contributed by atoms with E-state index < -0.39 is 0 Å². The minimum absolute atomic E-state index is 0.304. The molecule has 1 unspecified atom stereocenters. The molecule has 0 bridgehead atoms. The third-order valence-corrected chi connectivity index (χ3v) is 4.22. The molecule has 1 aliphatic rings. The number of nitrogens with zero attached hydrogens (tertiary/aromatic N) is 1. The first-order chi connectivity index (χ1) is 9.19. The van der Waals surface area contributed by atoms with Crippen LogP contribution in [0.3, 0.4) is 0 Å². The van der Waals surface area contributed by atoms with Gasteiger partial charge in [-0.3, -0.25) is 4.79 Å². The maximum Gasteiger partial charge on any atom is 0.222 e. The third kappa shape index (κ3) is 4.25. The van der Waals surface area contributed by atoms with E-state index in [4.69, 9.17) is 0 Å². The first kappa shape index (κ1) is 14.4. The average Bonchev–Trinajstić information content (AvgIpc) is 2.82. The molecule has 1 N–H and O–H groups in total. The van der Waals surface area contributed by atoms with Crippen LogP contribution in [0.2, 0.25) is 0 Å². The highest BCUT2D eigenvalue weighted by Gasteiger charge is 2.21. The van der Waals surface area contributed by atoms with Gasteiger partial charge in [0.1, 0.15) is 0 Å². The van der Waals surface area contributed by atoms with E-state index in [0.29, 0.717) is 11.9 Å². The van der Waals surface area contributed by atoms with Gasteiger partial charge >= 0.3 is 0 Å². The summed E-state index contributed by atoms with van der Waals surface area (Å²) in [6.07, 6.45) is 3.83. The van der Waals surface area contributed by atoms with E-state index in [2.05, 4.69) is 42.8 Å². The van der Waals surface area contributed by atoms with Crippen LogP contribution in [0.4, 0.5) is 0 Å². The van der Waals surface area contributed by atoms with Crippen molar-refractivity contribution in [2.24, 2.45) is 0 Å². The number of rotatable bonds is 6. The number of carbonyl (C=O) groups is 1. The Morgan fingerprint density at radius 1 is 1.37 bits per heavy atom. The molecule has 104 valence electrons. The van der Waals surface area contributed by atoms with Gasteiger partial charge in [0.2, 0.25) is 5.91 Å². The second-order valence-electron chi connectivity index (χ2n) is 5.07. The fraction of sp³-hybridized carbons (Fsp3) is 0.533. The van der Waals surface area contributed by atoms with Gasteiger partial charge in [-0.2, -0.15) is 0 Å². The summed E-state index contributed by atoms with van der Waals surface area (Å²) in [5.74, 6) is 0.304. The summed E-state index contributed by atoms with van der Waals surface area (Å²) in [5, 5.41) is 3.48. The molecule has 1 atom stereocenters. The van der Waals surface area contributed by atoms with Crippen molar-refractivity contribution in [3.8, 4) is 0 Å². The Bertz CT molecular complexity index is 419. The standard InChI is InChI=1S/C15H22N2OS/c1-12(11-17-9-3-4-15(17)18)16-10-13-5-7-14(19-2)8-6-13/h5-8,12,16H,3-4,9-11H2,1-2H3. The lowest BCUT2D eigenvalue weighted by Crippen LogP contribution is -2.39. The fourth-order valence-electron chi connectivity index (χ4n) is 2.33. The first-order valence-corrected chi connectivity index (χ1v) is 8.05. The van der Waals surface area contributed by atoms with Crippen LogP contribution < -0.4 is 5.32 Å². The van der Waals surface area contributed by atoms with Crippen LogP contribution in [0.15, 0.2) is 29.2 Å². The Kier molecular flexibility index (Phi) is 5.28. The van der Waals surface area contributed by atoms with E-state index in [1.165, 1.54) is 10.5 Å². The molecule has 0 aromatic heterocycles. The highest BCUT2D eigenvalue weighted by atomic mass is 32.2. The SMILES string of the molecule is CSc1ccc(CNC(C)CN2CCCC2=O)cc1. The molecule has 1 aliphatic heterocycles. The Morgan fingerprint density at radius 3 is 2.68 bits per heavy atom. The van der Waals surface area contributed by atoms with E-state index in [9.17, 15) is 4.79 Å². The molecule has 1 saturated heterocycles. The molecule has 4 heteroatoms. The van der Waals surface area contributed by atoms with Crippen LogP contribution in [0.1, 0.15) is 25.3 Å². The quantitative estimate of drug-likeness (QED) is 0.812. The minimum atomic E-state index is 0.304. The van der Waals surface area contributed by atoms with Gasteiger partial charge in [-0.15, -0.1) is 11.8 Å². The summed E-state index contributed by atoms with van der Waals surface area (Å²) in [4.78, 5) is 14.8. The molecule has 2 rings (SSSR count). The van der Waals surface area contributed by atoms with Crippen molar-refractivity contribution in [2.75, 3.05) is 19.3 Å². The predicted molar refractivity (Wildman–Crippen MR) is 80.3 cm³/mol. The summed E-state index contributed by atoms with van der Waals surface area (Å²) in [6.45, 7) is 4.74. The van der Waals surface area contributed by atoms with E-state index in [1.807, 2.05) is 4.90 Å². The number of carbonyl (C=O) groups excluding carboxylic acids is 1. The smallest absolute Gasteiger partial charge is 0.222 e. The van der Waals surface area contributed by atoms with Crippen LogP contribution in [-0.4, -0.2) is 36.2 Å². The van der Waals surface area contributed by atoms with Gasteiger partial charge in [-0.1, -0.05) is 12.1 Å². The summed E-state index contributed by atoms with van der Waals surface area (Å²) >= 11 is 1.76.